The predicted octanol–water partition coefficient (Wildman–Crippen LogP) is 3.84. The van der Waals surface area contributed by atoms with Gasteiger partial charge in [-0.05, 0) is 47.5 Å². The number of carboxylic acids is 1. The van der Waals surface area contributed by atoms with E-state index in [1.165, 1.54) is 0 Å². The highest BCUT2D eigenvalue weighted by molar-refractivity contribution is 9.11. The third kappa shape index (κ3) is 2.98. The molecule has 5 heteroatoms. The van der Waals surface area contributed by atoms with Crippen molar-refractivity contribution in [2.24, 2.45) is 0 Å². The smallest absolute Gasteiger partial charge is 0.347 e. The first kappa shape index (κ1) is 13.5. The number of hydrogen-bond acceptors (Lipinski definition) is 2. The summed E-state index contributed by atoms with van der Waals surface area (Å²) in [6.07, 6.45) is 0.394. The van der Waals surface area contributed by atoms with Gasteiger partial charge in [0.1, 0.15) is 5.75 Å². The summed E-state index contributed by atoms with van der Waals surface area (Å²) in [5.74, 6) is -0.445. The van der Waals surface area contributed by atoms with Crippen LogP contribution in [0.15, 0.2) is 27.1 Å². The Morgan fingerprint density at radius 2 is 2.12 bits per heavy atom. The molecular weight excluding hydrogens is 340 g/mol. The van der Waals surface area contributed by atoms with Gasteiger partial charge in [0.2, 0.25) is 5.60 Å². The van der Waals surface area contributed by atoms with Gasteiger partial charge in [-0.3, -0.25) is 0 Å². The van der Waals surface area contributed by atoms with Crippen LogP contribution in [0, 0.1) is 0 Å². The number of rotatable bonds is 4. The SMILES string of the molecule is CCC(C)(Oc1ccc(Br)cc1Br)C(=O)O. The molecule has 1 unspecified atom stereocenters. The minimum Gasteiger partial charge on any atom is -0.478 e. The summed E-state index contributed by atoms with van der Waals surface area (Å²) in [5.41, 5.74) is -1.20. The summed E-state index contributed by atoms with van der Waals surface area (Å²) in [5, 5.41) is 9.09. The van der Waals surface area contributed by atoms with Crippen molar-refractivity contribution in [3.63, 3.8) is 0 Å². The number of carbonyl (C=O) groups is 1. The molecule has 88 valence electrons. The van der Waals surface area contributed by atoms with Crippen LogP contribution in [0.2, 0.25) is 0 Å². The molecule has 0 aliphatic carbocycles. The molecule has 0 fully saturated rings. The number of hydrogen-bond donors (Lipinski definition) is 1. The van der Waals surface area contributed by atoms with E-state index in [0.717, 1.165) is 8.95 Å². The minimum absolute atomic E-state index is 0.394. The molecule has 0 aliphatic rings. The Balaban J connectivity index is 2.99. The molecular formula is C11H12Br2O3. The Morgan fingerprint density at radius 1 is 1.50 bits per heavy atom. The van der Waals surface area contributed by atoms with Gasteiger partial charge in [-0.1, -0.05) is 22.9 Å². The van der Waals surface area contributed by atoms with Gasteiger partial charge >= 0.3 is 5.97 Å². The van der Waals surface area contributed by atoms with Gasteiger partial charge in [0.05, 0.1) is 4.47 Å². The molecule has 0 radical (unpaired) electrons. The lowest BCUT2D eigenvalue weighted by Gasteiger charge is -2.25. The maximum atomic E-state index is 11.1. The minimum atomic E-state index is -1.20. The van der Waals surface area contributed by atoms with E-state index >= 15 is 0 Å². The van der Waals surface area contributed by atoms with Gasteiger partial charge in [-0.15, -0.1) is 0 Å². The van der Waals surface area contributed by atoms with Crippen molar-refractivity contribution in [3.05, 3.63) is 27.1 Å². The average Bonchev–Trinajstić information content (AvgIpc) is 2.22. The number of carboxylic acid groups (broad SMARTS) is 1. The third-order valence-corrected chi connectivity index (χ3v) is 3.47. The lowest BCUT2D eigenvalue weighted by molar-refractivity contribution is -0.154. The van der Waals surface area contributed by atoms with Crippen LogP contribution < -0.4 is 4.74 Å². The Bertz CT molecular complexity index is 406. The van der Waals surface area contributed by atoms with E-state index in [0.29, 0.717) is 12.2 Å². The average molecular weight is 352 g/mol. The number of ether oxygens (including phenoxy) is 1. The molecule has 3 nitrogen and oxygen atoms in total. The van der Waals surface area contributed by atoms with Crippen molar-refractivity contribution in [1.82, 2.24) is 0 Å². The van der Waals surface area contributed by atoms with Gasteiger partial charge in [0, 0.05) is 4.47 Å². The van der Waals surface area contributed by atoms with Crippen LogP contribution >= 0.6 is 31.9 Å². The highest BCUT2D eigenvalue weighted by atomic mass is 79.9. The molecule has 0 saturated carbocycles. The Labute approximate surface area is 111 Å². The van der Waals surface area contributed by atoms with E-state index in [1.54, 1.807) is 26.0 Å². The van der Waals surface area contributed by atoms with Crippen LogP contribution in [-0.4, -0.2) is 16.7 Å². The van der Waals surface area contributed by atoms with Crippen LogP contribution in [0.25, 0.3) is 0 Å². The van der Waals surface area contributed by atoms with Gasteiger partial charge in [-0.2, -0.15) is 0 Å². The summed E-state index contributed by atoms with van der Waals surface area (Å²) in [7, 11) is 0. The molecule has 0 aliphatic heterocycles. The molecule has 0 amide bonds. The van der Waals surface area contributed by atoms with Crippen LogP contribution in [0.5, 0.6) is 5.75 Å². The lowest BCUT2D eigenvalue weighted by atomic mass is 10.0. The van der Waals surface area contributed by atoms with Crippen molar-refractivity contribution in [3.8, 4) is 5.75 Å². The van der Waals surface area contributed by atoms with Crippen molar-refractivity contribution < 1.29 is 14.6 Å². The first-order valence-electron chi connectivity index (χ1n) is 4.76. The molecule has 0 aromatic heterocycles. The van der Waals surface area contributed by atoms with Crippen molar-refractivity contribution in [2.75, 3.05) is 0 Å². The zero-order valence-corrected chi connectivity index (χ0v) is 12.1. The van der Waals surface area contributed by atoms with Gasteiger partial charge in [-0.25, -0.2) is 4.79 Å². The topological polar surface area (TPSA) is 46.5 Å². The maximum absolute atomic E-state index is 11.1. The van der Waals surface area contributed by atoms with E-state index in [4.69, 9.17) is 9.84 Å². The second-order valence-corrected chi connectivity index (χ2v) is 5.34. The molecule has 1 N–H and O–H groups in total. The fourth-order valence-electron chi connectivity index (χ4n) is 1.07. The highest BCUT2D eigenvalue weighted by Gasteiger charge is 2.34. The highest BCUT2D eigenvalue weighted by Crippen LogP contribution is 2.31. The first-order valence-corrected chi connectivity index (χ1v) is 6.35. The molecule has 1 aromatic carbocycles. The van der Waals surface area contributed by atoms with E-state index in [1.807, 2.05) is 6.07 Å². The molecule has 1 rings (SSSR count). The second kappa shape index (κ2) is 5.19. The standard InChI is InChI=1S/C11H12Br2O3/c1-3-11(2,10(14)15)16-9-5-4-7(12)6-8(9)13/h4-6H,3H2,1-2H3,(H,14,15). The normalized spacial score (nSPS) is 14.2. The monoisotopic (exact) mass is 350 g/mol. The fourth-order valence-corrected chi connectivity index (χ4v) is 2.20. The maximum Gasteiger partial charge on any atom is 0.347 e. The largest absolute Gasteiger partial charge is 0.478 e. The third-order valence-electron chi connectivity index (χ3n) is 2.36. The number of aliphatic carboxylic acids is 1. The molecule has 0 spiro atoms. The van der Waals surface area contributed by atoms with Crippen molar-refractivity contribution in [2.45, 2.75) is 25.9 Å². The van der Waals surface area contributed by atoms with Crippen LogP contribution in [0.3, 0.4) is 0 Å². The quantitative estimate of drug-likeness (QED) is 0.896. The Hall–Kier alpha value is -0.550. The summed E-state index contributed by atoms with van der Waals surface area (Å²) >= 11 is 6.65. The zero-order chi connectivity index (χ0) is 12.3. The van der Waals surface area contributed by atoms with E-state index in [9.17, 15) is 4.79 Å². The Kier molecular flexibility index (Phi) is 4.38. The van der Waals surface area contributed by atoms with E-state index < -0.39 is 11.6 Å². The molecule has 1 atom stereocenters. The van der Waals surface area contributed by atoms with Gasteiger partial charge in [0.15, 0.2) is 0 Å². The fraction of sp³-hybridized carbons (Fsp3) is 0.364. The van der Waals surface area contributed by atoms with Crippen LogP contribution in [-0.2, 0) is 4.79 Å². The van der Waals surface area contributed by atoms with Crippen molar-refractivity contribution in [1.29, 1.82) is 0 Å². The summed E-state index contributed by atoms with van der Waals surface area (Å²) in [6.45, 7) is 3.34. The molecule has 0 heterocycles. The zero-order valence-electron chi connectivity index (χ0n) is 8.96. The van der Waals surface area contributed by atoms with E-state index in [2.05, 4.69) is 31.9 Å². The Morgan fingerprint density at radius 3 is 2.56 bits per heavy atom. The summed E-state index contributed by atoms with van der Waals surface area (Å²) < 4.78 is 7.16. The predicted molar refractivity (Wildman–Crippen MR) is 68.8 cm³/mol. The second-order valence-electron chi connectivity index (χ2n) is 3.57. The number of benzene rings is 1. The molecule has 1 aromatic rings. The first-order chi connectivity index (χ1) is 7.39. The molecule has 0 saturated heterocycles. The van der Waals surface area contributed by atoms with E-state index in [-0.39, 0.29) is 0 Å². The van der Waals surface area contributed by atoms with Gasteiger partial charge in [0.25, 0.3) is 0 Å². The number of halogens is 2. The molecule has 0 bridgehead atoms. The van der Waals surface area contributed by atoms with Gasteiger partial charge < -0.3 is 9.84 Å². The summed E-state index contributed by atoms with van der Waals surface area (Å²) in [4.78, 5) is 11.1. The molecule has 16 heavy (non-hydrogen) atoms. The summed E-state index contributed by atoms with van der Waals surface area (Å²) in [6, 6.07) is 5.34. The van der Waals surface area contributed by atoms with Crippen molar-refractivity contribution >= 4 is 37.8 Å². The van der Waals surface area contributed by atoms with Crippen LogP contribution in [0.4, 0.5) is 0 Å². The van der Waals surface area contributed by atoms with Crippen LogP contribution in [0.1, 0.15) is 20.3 Å². The lowest BCUT2D eigenvalue weighted by Crippen LogP contribution is -2.40.